The van der Waals surface area contributed by atoms with Crippen LogP contribution in [0.1, 0.15) is 54.2 Å². The Kier molecular flexibility index (Phi) is 8.02. The lowest BCUT2D eigenvalue weighted by Gasteiger charge is -2.45. The molecule has 1 spiro atoms. The summed E-state index contributed by atoms with van der Waals surface area (Å²) in [5.74, 6) is 0. The van der Waals surface area contributed by atoms with E-state index in [2.05, 4.69) is 238 Å². The fourth-order valence-corrected chi connectivity index (χ4v) is 14.5. The van der Waals surface area contributed by atoms with Crippen LogP contribution in [0.3, 0.4) is 0 Å². The van der Waals surface area contributed by atoms with E-state index in [1.807, 2.05) is 11.8 Å². The van der Waals surface area contributed by atoms with Crippen LogP contribution >= 0.6 is 11.8 Å². The molecule has 0 radical (unpaired) electrons. The molecule has 10 aromatic carbocycles. The molecule has 12 aromatic rings. The molecule has 3 aliphatic heterocycles. The van der Waals surface area contributed by atoms with Gasteiger partial charge in [-0.3, -0.25) is 0 Å². The largest absolute Gasteiger partial charge is 0.454 e. The maximum Gasteiger partial charge on any atom is 0.252 e. The molecule has 340 valence electrons. The van der Waals surface area contributed by atoms with Crippen LogP contribution in [0.15, 0.2) is 219 Å². The van der Waals surface area contributed by atoms with Crippen molar-refractivity contribution in [3.63, 3.8) is 0 Å². The fraction of sp³-hybridized carbons (Fsp3) is 0.0909. The summed E-state index contributed by atoms with van der Waals surface area (Å²) in [4.78, 5) is 7.69. The van der Waals surface area contributed by atoms with Gasteiger partial charge in [0.1, 0.15) is 11.2 Å². The summed E-state index contributed by atoms with van der Waals surface area (Å²) in [5.41, 5.74) is 23.6. The summed E-state index contributed by atoms with van der Waals surface area (Å²) < 4.78 is 14.0. The number of benzene rings is 10. The molecule has 1 aliphatic carbocycles. The molecular formula is C66H45BN2O2S. The van der Waals surface area contributed by atoms with Gasteiger partial charge >= 0.3 is 0 Å². The van der Waals surface area contributed by atoms with Crippen molar-refractivity contribution < 1.29 is 8.83 Å². The van der Waals surface area contributed by atoms with E-state index in [4.69, 9.17) is 8.83 Å². The summed E-state index contributed by atoms with van der Waals surface area (Å²) in [7, 11) is 0. The standard InChI is InChI=1S/C66H45BN2O2S/c1-38-35-54-61-55(36-38)69(53-26-16-21-43-41-18-7-12-28-57(41)71-64(43)53)62-49(33-32-48-60(62)44-19-5-8-22-45(44)66(48)46-23-9-13-29-58(46)72-59-30-14-10-24-47(59)66)67(61)50-37-39(65(2,3)4)31-34-51(50)68(54)52-25-15-20-42-40-17-6-11-27-56(40)70-63(42)52/h5-37H,1-4H3. The summed E-state index contributed by atoms with van der Waals surface area (Å²) in [6.07, 6.45) is 0. The van der Waals surface area contributed by atoms with E-state index in [0.29, 0.717) is 0 Å². The molecule has 0 unspecified atom stereocenters. The van der Waals surface area contributed by atoms with Crippen molar-refractivity contribution in [3.05, 3.63) is 234 Å². The number of hydrogen-bond donors (Lipinski definition) is 0. The monoisotopic (exact) mass is 940 g/mol. The van der Waals surface area contributed by atoms with Crippen LogP contribution in [-0.2, 0) is 10.8 Å². The van der Waals surface area contributed by atoms with E-state index in [-0.39, 0.29) is 12.1 Å². The van der Waals surface area contributed by atoms with Gasteiger partial charge in [-0.15, -0.1) is 0 Å². The molecular weight excluding hydrogens is 896 g/mol. The van der Waals surface area contributed by atoms with E-state index in [0.717, 1.165) is 72.3 Å². The second kappa shape index (κ2) is 14.2. The molecule has 0 fully saturated rings. The molecule has 4 nitrogen and oxygen atoms in total. The van der Waals surface area contributed by atoms with Gasteiger partial charge in [0.25, 0.3) is 6.71 Å². The van der Waals surface area contributed by atoms with Crippen LogP contribution in [-0.4, -0.2) is 6.71 Å². The molecule has 72 heavy (non-hydrogen) atoms. The third kappa shape index (κ3) is 5.14. The van der Waals surface area contributed by atoms with Crippen molar-refractivity contribution in [2.45, 2.75) is 48.3 Å². The Morgan fingerprint density at radius 2 is 1.01 bits per heavy atom. The number of nitrogens with zero attached hydrogens (tertiary/aromatic N) is 2. The summed E-state index contributed by atoms with van der Waals surface area (Å²) >= 11 is 1.89. The van der Waals surface area contributed by atoms with Crippen molar-refractivity contribution in [3.8, 4) is 11.1 Å². The Hall–Kier alpha value is -8.19. The van der Waals surface area contributed by atoms with Gasteiger partial charge in [-0.25, -0.2) is 0 Å². The molecule has 0 atom stereocenters. The van der Waals surface area contributed by atoms with Gasteiger partial charge in [0.05, 0.1) is 16.8 Å². The van der Waals surface area contributed by atoms with Crippen LogP contribution in [0.4, 0.5) is 34.1 Å². The molecule has 0 bridgehead atoms. The van der Waals surface area contributed by atoms with Crippen molar-refractivity contribution in [1.82, 2.24) is 0 Å². The lowest BCUT2D eigenvalue weighted by Crippen LogP contribution is -2.61. The predicted octanol–water partition coefficient (Wildman–Crippen LogP) is 16.0. The summed E-state index contributed by atoms with van der Waals surface area (Å²) in [6.45, 7) is 9.14. The molecule has 5 heterocycles. The Morgan fingerprint density at radius 1 is 0.458 bits per heavy atom. The van der Waals surface area contributed by atoms with Crippen molar-refractivity contribution in [2.75, 3.05) is 9.80 Å². The molecule has 0 saturated heterocycles. The van der Waals surface area contributed by atoms with Crippen molar-refractivity contribution in [1.29, 1.82) is 0 Å². The minimum Gasteiger partial charge on any atom is -0.454 e. The number of aryl methyl sites for hydroxylation is 1. The Bertz CT molecular complexity index is 4320. The highest BCUT2D eigenvalue weighted by Crippen LogP contribution is 2.65. The van der Waals surface area contributed by atoms with Crippen LogP contribution in [0.2, 0.25) is 0 Å². The molecule has 0 saturated carbocycles. The van der Waals surface area contributed by atoms with E-state index in [1.165, 1.54) is 76.4 Å². The average Bonchev–Trinajstić information content (AvgIpc) is 4.07. The van der Waals surface area contributed by atoms with E-state index in [9.17, 15) is 0 Å². The Morgan fingerprint density at radius 3 is 1.67 bits per heavy atom. The molecule has 0 amide bonds. The number of rotatable bonds is 2. The number of anilines is 6. The van der Waals surface area contributed by atoms with E-state index < -0.39 is 5.41 Å². The van der Waals surface area contributed by atoms with E-state index >= 15 is 0 Å². The highest BCUT2D eigenvalue weighted by molar-refractivity contribution is 7.99. The molecule has 2 aromatic heterocycles. The zero-order valence-corrected chi connectivity index (χ0v) is 41.1. The molecule has 4 aliphatic rings. The first kappa shape index (κ1) is 40.5. The first-order valence-corrected chi connectivity index (χ1v) is 25.9. The maximum absolute atomic E-state index is 7.10. The lowest BCUT2D eigenvalue weighted by atomic mass is 9.33. The minimum atomic E-state index is -0.555. The first-order valence-electron chi connectivity index (χ1n) is 25.1. The van der Waals surface area contributed by atoms with Crippen LogP contribution in [0, 0.1) is 6.92 Å². The second-order valence-corrected chi connectivity index (χ2v) is 22.2. The highest BCUT2D eigenvalue weighted by atomic mass is 32.2. The number of hydrogen-bond acceptors (Lipinski definition) is 5. The van der Waals surface area contributed by atoms with Gasteiger partial charge in [-0.1, -0.05) is 178 Å². The smallest absolute Gasteiger partial charge is 0.252 e. The van der Waals surface area contributed by atoms with Crippen LogP contribution < -0.4 is 26.2 Å². The van der Waals surface area contributed by atoms with Gasteiger partial charge in [-0.2, -0.15) is 0 Å². The molecule has 0 N–H and O–H groups in total. The third-order valence-electron chi connectivity index (χ3n) is 16.3. The fourth-order valence-electron chi connectivity index (χ4n) is 13.4. The minimum absolute atomic E-state index is 0.0987. The van der Waals surface area contributed by atoms with Crippen LogP contribution in [0.5, 0.6) is 0 Å². The quantitative estimate of drug-likeness (QED) is 0.161. The summed E-state index contributed by atoms with van der Waals surface area (Å²) in [6, 6.07) is 74.9. The topological polar surface area (TPSA) is 32.8 Å². The first-order chi connectivity index (χ1) is 35.3. The SMILES string of the molecule is Cc1cc2c3c(c1)N(c1cccc4c1oc1ccccc14)c1c(ccc4c1-c1ccccc1C41c4ccccc4Sc4ccccc41)B3c1cc(C(C)(C)C)ccc1N2c1cccc2c1oc1ccccc12. The second-order valence-electron chi connectivity index (χ2n) is 21.2. The van der Waals surface area contributed by atoms with Gasteiger partial charge in [0.2, 0.25) is 0 Å². The van der Waals surface area contributed by atoms with Crippen molar-refractivity contribution >= 4 is 113 Å². The third-order valence-corrected chi connectivity index (χ3v) is 17.4. The average molecular weight is 941 g/mol. The van der Waals surface area contributed by atoms with Gasteiger partial charge in [-0.05, 0) is 122 Å². The zero-order chi connectivity index (χ0) is 47.8. The van der Waals surface area contributed by atoms with Gasteiger partial charge < -0.3 is 18.6 Å². The molecule has 6 heteroatoms. The number of para-hydroxylation sites is 4. The van der Waals surface area contributed by atoms with Crippen molar-refractivity contribution in [2.24, 2.45) is 0 Å². The van der Waals surface area contributed by atoms with Gasteiger partial charge in [0, 0.05) is 59.6 Å². The number of furan rings is 2. The normalized spacial score (nSPS) is 14.6. The lowest BCUT2D eigenvalue weighted by molar-refractivity contribution is 0.591. The van der Waals surface area contributed by atoms with Gasteiger partial charge in [0.15, 0.2) is 11.2 Å². The summed E-state index contributed by atoms with van der Waals surface area (Å²) in [5, 5.41) is 4.44. The van der Waals surface area contributed by atoms with E-state index in [1.54, 1.807) is 0 Å². The maximum atomic E-state index is 7.10. The Balaban J connectivity index is 1.08. The highest BCUT2D eigenvalue weighted by Gasteiger charge is 2.54. The molecule has 16 rings (SSSR count). The zero-order valence-electron chi connectivity index (χ0n) is 40.2. The number of fused-ring (bicyclic) bond motifs is 20. The van der Waals surface area contributed by atoms with Crippen LogP contribution in [0.25, 0.3) is 55.0 Å². The Labute approximate surface area is 422 Å². The predicted molar refractivity (Wildman–Crippen MR) is 300 cm³/mol.